The monoisotopic (exact) mass is 151 g/mol. The fraction of sp³-hybridized carbons (Fsp3) is 0.444. The topological polar surface area (TPSA) is 43.1 Å². The van der Waals surface area contributed by atoms with E-state index in [0.29, 0.717) is 6.42 Å². The van der Waals surface area contributed by atoms with Crippen molar-refractivity contribution in [2.24, 2.45) is 11.1 Å². The number of amides is 1. The first kappa shape index (κ1) is 8.05. The first-order valence-corrected chi connectivity index (χ1v) is 3.75. The maximum absolute atomic E-state index is 10.6. The van der Waals surface area contributed by atoms with Crippen LogP contribution in [0.3, 0.4) is 0 Å². The van der Waals surface area contributed by atoms with Crippen molar-refractivity contribution < 1.29 is 4.79 Å². The Morgan fingerprint density at radius 3 is 2.82 bits per heavy atom. The second-order valence-corrected chi connectivity index (χ2v) is 3.29. The van der Waals surface area contributed by atoms with Crippen molar-refractivity contribution in [2.75, 3.05) is 0 Å². The molecule has 1 atom stereocenters. The van der Waals surface area contributed by atoms with Crippen LogP contribution in [0, 0.1) is 5.41 Å². The molecule has 0 spiro atoms. The summed E-state index contributed by atoms with van der Waals surface area (Å²) in [5.74, 6) is -0.229. The average Bonchev–Trinajstić information content (AvgIpc) is 1.85. The average molecular weight is 151 g/mol. The molecule has 0 bridgehead atoms. The van der Waals surface area contributed by atoms with Crippen LogP contribution in [-0.2, 0) is 4.79 Å². The van der Waals surface area contributed by atoms with Gasteiger partial charge in [0.15, 0.2) is 0 Å². The van der Waals surface area contributed by atoms with Gasteiger partial charge in [-0.25, -0.2) is 0 Å². The van der Waals surface area contributed by atoms with Crippen LogP contribution < -0.4 is 5.73 Å². The molecule has 1 rings (SSSR count). The Balaban J connectivity index is 2.61. The maximum Gasteiger partial charge on any atom is 0.218 e. The SMILES string of the molecule is CC1(CC(N)=O)C=CC=CC1. The molecule has 1 aliphatic rings. The van der Waals surface area contributed by atoms with Crippen LogP contribution in [-0.4, -0.2) is 5.91 Å². The second-order valence-electron chi connectivity index (χ2n) is 3.29. The van der Waals surface area contributed by atoms with Gasteiger partial charge in [0.05, 0.1) is 0 Å². The molecular weight excluding hydrogens is 138 g/mol. The highest BCUT2D eigenvalue weighted by atomic mass is 16.1. The summed E-state index contributed by atoms with van der Waals surface area (Å²) in [6, 6.07) is 0. The lowest BCUT2D eigenvalue weighted by atomic mass is 9.80. The number of carbonyl (C=O) groups excluding carboxylic acids is 1. The fourth-order valence-corrected chi connectivity index (χ4v) is 1.30. The van der Waals surface area contributed by atoms with E-state index >= 15 is 0 Å². The van der Waals surface area contributed by atoms with E-state index in [-0.39, 0.29) is 11.3 Å². The zero-order valence-electron chi connectivity index (χ0n) is 6.71. The number of hydrogen-bond donors (Lipinski definition) is 1. The molecule has 11 heavy (non-hydrogen) atoms. The largest absolute Gasteiger partial charge is 0.370 e. The van der Waals surface area contributed by atoms with Crippen molar-refractivity contribution in [3.8, 4) is 0 Å². The minimum Gasteiger partial charge on any atom is -0.370 e. The third-order valence-corrected chi connectivity index (χ3v) is 1.91. The van der Waals surface area contributed by atoms with Gasteiger partial charge >= 0.3 is 0 Å². The summed E-state index contributed by atoms with van der Waals surface area (Å²) in [5.41, 5.74) is 5.07. The number of nitrogens with two attached hydrogens (primary N) is 1. The molecule has 0 fully saturated rings. The van der Waals surface area contributed by atoms with Crippen molar-refractivity contribution in [1.29, 1.82) is 0 Å². The number of hydrogen-bond acceptors (Lipinski definition) is 1. The number of allylic oxidation sites excluding steroid dienone is 4. The van der Waals surface area contributed by atoms with Crippen LogP contribution in [0.1, 0.15) is 19.8 Å². The number of rotatable bonds is 2. The molecule has 2 nitrogen and oxygen atoms in total. The van der Waals surface area contributed by atoms with Crippen LogP contribution in [0.5, 0.6) is 0 Å². The Morgan fingerprint density at radius 2 is 2.36 bits per heavy atom. The summed E-state index contributed by atoms with van der Waals surface area (Å²) in [7, 11) is 0. The quantitative estimate of drug-likeness (QED) is 0.636. The first-order chi connectivity index (χ1) is 5.12. The van der Waals surface area contributed by atoms with Gasteiger partial charge < -0.3 is 5.73 Å². The lowest BCUT2D eigenvalue weighted by molar-refractivity contribution is -0.119. The van der Waals surface area contributed by atoms with Crippen LogP contribution >= 0.6 is 0 Å². The highest BCUT2D eigenvalue weighted by Gasteiger charge is 2.22. The lowest BCUT2D eigenvalue weighted by Gasteiger charge is -2.24. The molecule has 1 unspecified atom stereocenters. The van der Waals surface area contributed by atoms with E-state index < -0.39 is 0 Å². The van der Waals surface area contributed by atoms with Crippen LogP contribution in [0.15, 0.2) is 24.3 Å². The maximum atomic E-state index is 10.6. The van der Waals surface area contributed by atoms with Gasteiger partial charge in [0, 0.05) is 6.42 Å². The van der Waals surface area contributed by atoms with Gasteiger partial charge in [0.2, 0.25) is 5.91 Å². The molecule has 1 aliphatic carbocycles. The number of primary amides is 1. The minimum absolute atomic E-state index is 0.0411. The van der Waals surface area contributed by atoms with E-state index in [4.69, 9.17) is 5.73 Å². The van der Waals surface area contributed by atoms with Gasteiger partial charge in [-0.3, -0.25) is 4.79 Å². The van der Waals surface area contributed by atoms with Gasteiger partial charge in [-0.2, -0.15) is 0 Å². The summed E-state index contributed by atoms with van der Waals surface area (Å²) >= 11 is 0. The summed E-state index contributed by atoms with van der Waals surface area (Å²) in [6.45, 7) is 2.04. The third-order valence-electron chi connectivity index (χ3n) is 1.91. The van der Waals surface area contributed by atoms with Crippen molar-refractivity contribution in [1.82, 2.24) is 0 Å². The predicted molar refractivity (Wildman–Crippen MR) is 44.8 cm³/mol. The standard InChI is InChI=1S/C9H13NO/c1-9(7-8(10)11)5-3-2-4-6-9/h2-5H,6-7H2,1H3,(H2,10,11). The van der Waals surface area contributed by atoms with Crippen LogP contribution in [0.4, 0.5) is 0 Å². The van der Waals surface area contributed by atoms with Crippen molar-refractivity contribution in [2.45, 2.75) is 19.8 Å². The molecule has 2 heteroatoms. The van der Waals surface area contributed by atoms with Crippen molar-refractivity contribution >= 4 is 5.91 Å². The van der Waals surface area contributed by atoms with E-state index in [2.05, 4.69) is 6.08 Å². The van der Waals surface area contributed by atoms with Gasteiger partial charge in [-0.15, -0.1) is 0 Å². The molecule has 0 aliphatic heterocycles. The van der Waals surface area contributed by atoms with Gasteiger partial charge in [-0.1, -0.05) is 31.2 Å². The van der Waals surface area contributed by atoms with Crippen molar-refractivity contribution in [3.05, 3.63) is 24.3 Å². The lowest BCUT2D eigenvalue weighted by Crippen LogP contribution is -2.23. The molecule has 1 amide bonds. The van der Waals surface area contributed by atoms with E-state index in [0.717, 1.165) is 6.42 Å². The third kappa shape index (κ3) is 2.22. The summed E-state index contributed by atoms with van der Waals surface area (Å²) < 4.78 is 0. The molecule has 2 N–H and O–H groups in total. The highest BCUT2D eigenvalue weighted by molar-refractivity contribution is 5.74. The molecule has 0 aromatic carbocycles. The highest BCUT2D eigenvalue weighted by Crippen LogP contribution is 2.30. The molecule has 60 valence electrons. The molecule has 0 saturated carbocycles. The van der Waals surface area contributed by atoms with E-state index in [1.54, 1.807) is 0 Å². The Kier molecular flexibility index (Phi) is 2.13. The predicted octanol–water partition coefficient (Wildman–Crippen LogP) is 1.38. The van der Waals surface area contributed by atoms with E-state index in [1.165, 1.54) is 0 Å². The molecule has 0 aromatic heterocycles. The Hall–Kier alpha value is -1.05. The fourth-order valence-electron chi connectivity index (χ4n) is 1.30. The molecule has 0 heterocycles. The van der Waals surface area contributed by atoms with Gasteiger partial charge in [-0.05, 0) is 11.8 Å². The van der Waals surface area contributed by atoms with E-state index in [9.17, 15) is 4.79 Å². The van der Waals surface area contributed by atoms with Crippen LogP contribution in [0.25, 0.3) is 0 Å². The zero-order chi connectivity index (χ0) is 8.32. The normalized spacial score (nSPS) is 28.8. The Morgan fingerprint density at radius 1 is 1.64 bits per heavy atom. The summed E-state index contributed by atoms with van der Waals surface area (Å²) in [5, 5.41) is 0. The molecule has 0 saturated heterocycles. The Labute approximate surface area is 66.8 Å². The summed E-state index contributed by atoms with van der Waals surface area (Å²) in [6.07, 6.45) is 9.40. The Bertz CT molecular complexity index is 218. The smallest absolute Gasteiger partial charge is 0.218 e. The van der Waals surface area contributed by atoms with Gasteiger partial charge in [0.1, 0.15) is 0 Å². The zero-order valence-corrected chi connectivity index (χ0v) is 6.71. The summed E-state index contributed by atoms with van der Waals surface area (Å²) in [4.78, 5) is 10.6. The van der Waals surface area contributed by atoms with Crippen molar-refractivity contribution in [3.63, 3.8) is 0 Å². The van der Waals surface area contributed by atoms with E-state index in [1.807, 2.05) is 25.2 Å². The minimum atomic E-state index is -0.229. The molecule has 0 aromatic rings. The van der Waals surface area contributed by atoms with Gasteiger partial charge in [0.25, 0.3) is 0 Å². The van der Waals surface area contributed by atoms with Crippen LogP contribution in [0.2, 0.25) is 0 Å². The number of carbonyl (C=O) groups is 1. The second kappa shape index (κ2) is 2.91. The molecular formula is C9H13NO. The molecule has 0 radical (unpaired) electrons. The first-order valence-electron chi connectivity index (χ1n) is 3.75.